The van der Waals surface area contributed by atoms with Crippen LogP contribution in [-0.2, 0) is 4.79 Å². The average molecular weight is 264 g/mol. The third-order valence-electron chi connectivity index (χ3n) is 3.93. The lowest BCUT2D eigenvalue weighted by atomic mass is 9.75. The van der Waals surface area contributed by atoms with Crippen molar-refractivity contribution in [2.24, 2.45) is 0 Å². The molecule has 0 unspecified atom stereocenters. The predicted octanol–water partition coefficient (Wildman–Crippen LogP) is 2.14. The fourth-order valence-electron chi connectivity index (χ4n) is 2.39. The molecule has 1 aliphatic rings. The summed E-state index contributed by atoms with van der Waals surface area (Å²) in [6.07, 6.45) is 1.81. The summed E-state index contributed by atoms with van der Waals surface area (Å²) in [7, 11) is 1.80. The van der Waals surface area contributed by atoms with Crippen LogP contribution in [0.2, 0.25) is 0 Å². The summed E-state index contributed by atoms with van der Waals surface area (Å²) in [5.41, 5.74) is 0.803. The molecule has 0 aliphatic heterocycles. The van der Waals surface area contributed by atoms with Gasteiger partial charge in [0.2, 0.25) is 5.91 Å². The minimum Gasteiger partial charge on any atom is -0.345 e. The Morgan fingerprint density at radius 3 is 2.74 bits per heavy atom. The smallest absolute Gasteiger partial charge is 0.236 e. The molecule has 0 aromatic heterocycles. The van der Waals surface area contributed by atoms with Gasteiger partial charge in [-0.15, -0.1) is 0 Å². The minimum atomic E-state index is -0.118. The standard InChI is InChI=1S/C15H21FN2O/c1-3-18(2)15(19)10-17-12-8-11(9-12)13-6-4-5-7-14(13)16/h4-7,11-12,17H,3,8-10H2,1-2H3. The van der Waals surface area contributed by atoms with E-state index in [1.807, 2.05) is 19.1 Å². The number of carbonyl (C=O) groups excluding carboxylic acids is 1. The normalized spacial score (nSPS) is 21.8. The number of halogens is 1. The molecule has 1 fully saturated rings. The number of nitrogens with zero attached hydrogens (tertiary/aromatic N) is 1. The van der Waals surface area contributed by atoms with Crippen LogP contribution in [0, 0.1) is 5.82 Å². The number of likely N-dealkylation sites (N-methyl/N-ethyl adjacent to an activating group) is 1. The summed E-state index contributed by atoms with van der Waals surface area (Å²) in [6.45, 7) is 3.05. The van der Waals surface area contributed by atoms with Crippen LogP contribution in [0.1, 0.15) is 31.2 Å². The molecule has 1 aromatic rings. The van der Waals surface area contributed by atoms with E-state index in [9.17, 15) is 9.18 Å². The summed E-state index contributed by atoms with van der Waals surface area (Å²) in [5.74, 6) is 0.280. The Balaban J connectivity index is 1.75. The highest BCUT2D eigenvalue weighted by Crippen LogP contribution is 2.37. The first kappa shape index (κ1) is 14.0. The summed E-state index contributed by atoms with van der Waals surface area (Å²) in [5, 5.41) is 3.24. The Morgan fingerprint density at radius 2 is 2.11 bits per heavy atom. The second kappa shape index (κ2) is 6.15. The van der Waals surface area contributed by atoms with Crippen molar-refractivity contribution in [2.75, 3.05) is 20.1 Å². The Kier molecular flexibility index (Phi) is 4.53. The zero-order valence-corrected chi connectivity index (χ0v) is 11.5. The molecule has 1 N–H and O–H groups in total. The minimum absolute atomic E-state index is 0.108. The van der Waals surface area contributed by atoms with E-state index in [4.69, 9.17) is 0 Å². The van der Waals surface area contributed by atoms with Crippen molar-refractivity contribution in [1.29, 1.82) is 0 Å². The van der Waals surface area contributed by atoms with Crippen molar-refractivity contribution in [1.82, 2.24) is 10.2 Å². The highest BCUT2D eigenvalue weighted by Gasteiger charge is 2.31. The number of amides is 1. The fraction of sp³-hybridized carbons (Fsp3) is 0.533. The summed E-state index contributed by atoms with van der Waals surface area (Å²) < 4.78 is 13.6. The first-order chi connectivity index (χ1) is 9.11. The third-order valence-corrected chi connectivity index (χ3v) is 3.93. The topological polar surface area (TPSA) is 32.3 Å². The molecule has 19 heavy (non-hydrogen) atoms. The van der Waals surface area contributed by atoms with E-state index in [1.165, 1.54) is 6.07 Å². The molecule has 0 heterocycles. The molecule has 0 bridgehead atoms. The van der Waals surface area contributed by atoms with E-state index in [0.29, 0.717) is 12.6 Å². The van der Waals surface area contributed by atoms with Gasteiger partial charge in [-0.25, -0.2) is 4.39 Å². The van der Waals surface area contributed by atoms with Gasteiger partial charge in [-0.2, -0.15) is 0 Å². The van der Waals surface area contributed by atoms with Gasteiger partial charge in [-0.3, -0.25) is 4.79 Å². The molecule has 0 atom stereocenters. The van der Waals surface area contributed by atoms with Crippen LogP contribution in [0.4, 0.5) is 4.39 Å². The van der Waals surface area contributed by atoms with Crippen molar-refractivity contribution in [2.45, 2.75) is 31.7 Å². The van der Waals surface area contributed by atoms with Crippen LogP contribution in [0.3, 0.4) is 0 Å². The molecule has 1 aromatic carbocycles. The lowest BCUT2D eigenvalue weighted by Gasteiger charge is -2.36. The zero-order valence-electron chi connectivity index (χ0n) is 11.5. The highest BCUT2D eigenvalue weighted by molar-refractivity contribution is 5.77. The number of carbonyl (C=O) groups is 1. The first-order valence-electron chi connectivity index (χ1n) is 6.83. The van der Waals surface area contributed by atoms with Crippen molar-refractivity contribution in [3.8, 4) is 0 Å². The van der Waals surface area contributed by atoms with Crippen LogP contribution in [0.5, 0.6) is 0 Å². The third kappa shape index (κ3) is 3.32. The lowest BCUT2D eigenvalue weighted by Crippen LogP contribution is -2.45. The monoisotopic (exact) mass is 264 g/mol. The van der Waals surface area contributed by atoms with Gasteiger partial charge in [0, 0.05) is 19.6 Å². The fourth-order valence-corrected chi connectivity index (χ4v) is 2.39. The largest absolute Gasteiger partial charge is 0.345 e. The van der Waals surface area contributed by atoms with Gasteiger partial charge in [0.1, 0.15) is 5.82 Å². The Labute approximate surface area is 113 Å². The zero-order chi connectivity index (χ0) is 13.8. The molecule has 0 spiro atoms. The number of benzene rings is 1. The molecule has 104 valence electrons. The highest BCUT2D eigenvalue weighted by atomic mass is 19.1. The van der Waals surface area contributed by atoms with Crippen LogP contribution >= 0.6 is 0 Å². The molecule has 1 aliphatic carbocycles. The first-order valence-corrected chi connectivity index (χ1v) is 6.83. The maximum absolute atomic E-state index is 13.6. The van der Waals surface area contributed by atoms with Crippen LogP contribution in [-0.4, -0.2) is 37.0 Å². The quantitative estimate of drug-likeness (QED) is 0.883. The van der Waals surface area contributed by atoms with Gasteiger partial charge in [0.05, 0.1) is 6.54 Å². The number of hydrogen-bond acceptors (Lipinski definition) is 2. The number of hydrogen-bond donors (Lipinski definition) is 1. The van der Waals surface area contributed by atoms with Gasteiger partial charge < -0.3 is 10.2 Å². The van der Waals surface area contributed by atoms with Gasteiger partial charge in [0.15, 0.2) is 0 Å². The average Bonchev–Trinajstić information content (AvgIpc) is 2.37. The van der Waals surface area contributed by atoms with Crippen LogP contribution in [0.15, 0.2) is 24.3 Å². The molecular weight excluding hydrogens is 243 g/mol. The summed E-state index contributed by atoms with van der Waals surface area (Å²) >= 11 is 0. The number of nitrogens with one attached hydrogen (secondary N) is 1. The van der Waals surface area contributed by atoms with Crippen molar-refractivity contribution < 1.29 is 9.18 Å². The van der Waals surface area contributed by atoms with Gasteiger partial charge in [-0.05, 0) is 37.3 Å². The van der Waals surface area contributed by atoms with Gasteiger partial charge >= 0.3 is 0 Å². The summed E-state index contributed by atoms with van der Waals surface area (Å²) in [4.78, 5) is 13.3. The van der Waals surface area contributed by atoms with E-state index in [-0.39, 0.29) is 17.6 Å². The Hall–Kier alpha value is -1.42. The molecule has 1 saturated carbocycles. The van der Waals surface area contributed by atoms with E-state index in [0.717, 1.165) is 24.9 Å². The van der Waals surface area contributed by atoms with Crippen molar-refractivity contribution in [3.05, 3.63) is 35.6 Å². The summed E-state index contributed by atoms with van der Waals surface area (Å²) in [6, 6.07) is 7.28. The van der Waals surface area contributed by atoms with E-state index >= 15 is 0 Å². The molecule has 1 amide bonds. The molecule has 3 nitrogen and oxygen atoms in total. The molecule has 2 rings (SSSR count). The second-order valence-corrected chi connectivity index (χ2v) is 5.18. The Bertz CT molecular complexity index is 444. The molecule has 4 heteroatoms. The van der Waals surface area contributed by atoms with Crippen LogP contribution < -0.4 is 5.32 Å². The Morgan fingerprint density at radius 1 is 1.42 bits per heavy atom. The van der Waals surface area contributed by atoms with Gasteiger partial charge in [0.25, 0.3) is 0 Å². The SMILES string of the molecule is CCN(C)C(=O)CNC1CC(c2ccccc2F)C1. The number of rotatable bonds is 5. The lowest BCUT2D eigenvalue weighted by molar-refractivity contribution is -0.129. The van der Waals surface area contributed by atoms with E-state index in [2.05, 4.69) is 5.32 Å². The second-order valence-electron chi connectivity index (χ2n) is 5.18. The van der Waals surface area contributed by atoms with Crippen molar-refractivity contribution >= 4 is 5.91 Å². The van der Waals surface area contributed by atoms with E-state index < -0.39 is 0 Å². The van der Waals surface area contributed by atoms with E-state index in [1.54, 1.807) is 18.0 Å². The maximum atomic E-state index is 13.6. The van der Waals surface area contributed by atoms with Crippen molar-refractivity contribution in [3.63, 3.8) is 0 Å². The maximum Gasteiger partial charge on any atom is 0.236 e. The van der Waals surface area contributed by atoms with Gasteiger partial charge in [-0.1, -0.05) is 18.2 Å². The molecule has 0 radical (unpaired) electrons. The molecular formula is C15H21FN2O. The van der Waals surface area contributed by atoms with Crippen LogP contribution in [0.25, 0.3) is 0 Å². The predicted molar refractivity (Wildman–Crippen MR) is 73.5 cm³/mol. The molecule has 0 saturated heterocycles.